The first-order valence-corrected chi connectivity index (χ1v) is 14.9. The van der Waals surface area contributed by atoms with Gasteiger partial charge in [0.15, 0.2) is 11.5 Å². The lowest BCUT2D eigenvalue weighted by atomic mass is 10.1. The number of rotatable bonds is 10. The van der Waals surface area contributed by atoms with Gasteiger partial charge in [-0.3, -0.25) is 14.9 Å². The summed E-state index contributed by atoms with van der Waals surface area (Å²) in [6.45, 7) is 4.80. The highest BCUT2D eigenvalue weighted by Gasteiger charge is 2.37. The third-order valence-corrected chi connectivity index (χ3v) is 7.65. The van der Waals surface area contributed by atoms with E-state index in [1.54, 1.807) is 42.5 Å². The third kappa shape index (κ3) is 7.12. The van der Waals surface area contributed by atoms with Crippen LogP contribution in [0.2, 0.25) is 5.02 Å². The molecular formula is C34H28BrClN2O6. The topological polar surface area (TPSA) is 94.2 Å². The normalized spacial score (nSPS) is 14.0. The van der Waals surface area contributed by atoms with Gasteiger partial charge in [-0.1, -0.05) is 59.6 Å². The first-order chi connectivity index (χ1) is 21.2. The maximum atomic E-state index is 13.5. The number of benzene rings is 4. The van der Waals surface area contributed by atoms with Crippen LogP contribution in [0.5, 0.6) is 17.2 Å². The van der Waals surface area contributed by atoms with Gasteiger partial charge in [0.1, 0.15) is 24.5 Å². The number of hydrogen-bond donors (Lipinski definition) is 1. The second-order valence-electron chi connectivity index (χ2n) is 9.87. The summed E-state index contributed by atoms with van der Waals surface area (Å²) in [5, 5.41) is 2.84. The van der Waals surface area contributed by atoms with Crippen molar-refractivity contribution in [2.75, 3.05) is 11.5 Å². The van der Waals surface area contributed by atoms with Crippen LogP contribution in [0, 0.1) is 6.92 Å². The average molecular weight is 676 g/mol. The van der Waals surface area contributed by atoms with Crippen molar-refractivity contribution in [3.8, 4) is 17.2 Å². The van der Waals surface area contributed by atoms with Crippen LogP contribution >= 0.6 is 27.5 Å². The predicted molar refractivity (Wildman–Crippen MR) is 172 cm³/mol. The lowest BCUT2D eigenvalue weighted by Gasteiger charge is -2.26. The Kier molecular flexibility index (Phi) is 9.67. The van der Waals surface area contributed by atoms with Crippen LogP contribution < -0.4 is 24.4 Å². The number of ether oxygens (including phenoxy) is 3. The van der Waals surface area contributed by atoms with Crippen molar-refractivity contribution < 1.29 is 28.6 Å². The van der Waals surface area contributed by atoms with E-state index in [1.807, 2.05) is 56.3 Å². The highest BCUT2D eigenvalue weighted by atomic mass is 79.9. The molecule has 4 aromatic rings. The fourth-order valence-corrected chi connectivity index (χ4v) is 5.21. The highest BCUT2D eigenvalue weighted by molar-refractivity contribution is 9.10. The molecule has 0 aliphatic carbocycles. The second kappa shape index (κ2) is 13.8. The molecular weight excluding hydrogens is 648 g/mol. The summed E-state index contributed by atoms with van der Waals surface area (Å²) in [7, 11) is 0. The Morgan fingerprint density at radius 2 is 1.61 bits per heavy atom. The summed E-state index contributed by atoms with van der Waals surface area (Å²) in [6.07, 6.45) is 1.41. The van der Waals surface area contributed by atoms with Crippen molar-refractivity contribution in [2.24, 2.45) is 0 Å². The van der Waals surface area contributed by atoms with Gasteiger partial charge in [-0.2, -0.15) is 0 Å². The Morgan fingerprint density at radius 1 is 0.886 bits per heavy atom. The molecule has 1 heterocycles. The van der Waals surface area contributed by atoms with Gasteiger partial charge in [-0.05, 0) is 89.4 Å². The summed E-state index contributed by atoms with van der Waals surface area (Å²) in [5.74, 6) is -0.127. The van der Waals surface area contributed by atoms with Crippen LogP contribution in [0.4, 0.5) is 10.5 Å². The highest BCUT2D eigenvalue weighted by Crippen LogP contribution is 2.38. The molecule has 8 nitrogen and oxygen atoms in total. The molecule has 5 rings (SSSR count). The molecule has 0 aromatic heterocycles. The van der Waals surface area contributed by atoms with E-state index in [0.717, 1.165) is 21.6 Å². The van der Waals surface area contributed by atoms with E-state index in [1.165, 1.54) is 6.08 Å². The number of barbiturate groups is 1. The van der Waals surface area contributed by atoms with E-state index < -0.39 is 17.8 Å². The van der Waals surface area contributed by atoms with Crippen LogP contribution in [0.25, 0.3) is 6.08 Å². The van der Waals surface area contributed by atoms with E-state index in [2.05, 4.69) is 21.2 Å². The molecule has 224 valence electrons. The molecule has 1 aliphatic heterocycles. The van der Waals surface area contributed by atoms with Crippen LogP contribution in [-0.4, -0.2) is 24.5 Å². The van der Waals surface area contributed by atoms with Gasteiger partial charge in [0, 0.05) is 10.6 Å². The summed E-state index contributed by atoms with van der Waals surface area (Å²) in [5.41, 5.74) is 3.52. The lowest BCUT2D eigenvalue weighted by Crippen LogP contribution is -2.54. The zero-order chi connectivity index (χ0) is 31.2. The van der Waals surface area contributed by atoms with Gasteiger partial charge in [0.05, 0.1) is 16.8 Å². The fraction of sp³-hybridized carbons (Fsp3) is 0.147. The number of carbonyl (C=O) groups is 3. The van der Waals surface area contributed by atoms with Gasteiger partial charge in [-0.25, -0.2) is 9.69 Å². The Balaban J connectivity index is 1.36. The Hall–Kier alpha value is -4.60. The van der Waals surface area contributed by atoms with Gasteiger partial charge in [0.2, 0.25) is 0 Å². The number of hydrogen-bond acceptors (Lipinski definition) is 6. The van der Waals surface area contributed by atoms with Crippen molar-refractivity contribution >= 4 is 57.1 Å². The van der Waals surface area contributed by atoms with Crippen LogP contribution in [0.15, 0.2) is 95.0 Å². The molecule has 0 radical (unpaired) electrons. The Morgan fingerprint density at radius 3 is 2.32 bits per heavy atom. The van der Waals surface area contributed by atoms with Crippen molar-refractivity contribution in [1.82, 2.24) is 5.32 Å². The molecule has 0 saturated carbocycles. The third-order valence-electron chi connectivity index (χ3n) is 6.70. The van der Waals surface area contributed by atoms with Crippen molar-refractivity contribution in [3.05, 3.63) is 122 Å². The number of carbonyl (C=O) groups excluding carboxylic acids is 3. The van der Waals surface area contributed by atoms with E-state index in [0.29, 0.717) is 45.5 Å². The molecule has 1 saturated heterocycles. The van der Waals surface area contributed by atoms with Crippen LogP contribution in [0.1, 0.15) is 29.2 Å². The van der Waals surface area contributed by atoms with Gasteiger partial charge < -0.3 is 14.2 Å². The zero-order valence-electron chi connectivity index (χ0n) is 23.9. The Labute approximate surface area is 268 Å². The molecule has 0 spiro atoms. The molecule has 1 fully saturated rings. The minimum absolute atomic E-state index is 0.216. The van der Waals surface area contributed by atoms with Crippen molar-refractivity contribution in [1.29, 1.82) is 0 Å². The molecule has 0 atom stereocenters. The lowest BCUT2D eigenvalue weighted by molar-refractivity contribution is -0.122. The maximum absolute atomic E-state index is 13.5. The standard InChI is InChI=1S/C34H28BrClN2O6/c1-3-42-30-18-23(17-28(35)31(30)44-19-22-10-8-21(2)9-11-22)16-27-32(39)37-34(41)38(33(27)40)25-12-14-26(15-13-25)43-20-24-6-4-5-7-29(24)36/h4-18H,3,19-20H2,1-2H3,(H,37,39,41)/b27-16+. The smallest absolute Gasteiger partial charge is 0.335 e. The van der Waals surface area contributed by atoms with E-state index in [9.17, 15) is 14.4 Å². The summed E-state index contributed by atoms with van der Waals surface area (Å²) in [4.78, 5) is 39.9. The fourth-order valence-electron chi connectivity index (χ4n) is 4.44. The first-order valence-electron chi connectivity index (χ1n) is 13.8. The first kappa shape index (κ1) is 30.8. The van der Waals surface area contributed by atoms with E-state index in [-0.39, 0.29) is 17.9 Å². The van der Waals surface area contributed by atoms with E-state index in [4.69, 9.17) is 25.8 Å². The maximum Gasteiger partial charge on any atom is 0.335 e. The van der Waals surface area contributed by atoms with Gasteiger partial charge in [-0.15, -0.1) is 0 Å². The number of aryl methyl sites for hydroxylation is 1. The zero-order valence-corrected chi connectivity index (χ0v) is 26.3. The van der Waals surface area contributed by atoms with Crippen molar-refractivity contribution in [3.63, 3.8) is 0 Å². The number of amides is 4. The number of urea groups is 1. The molecule has 10 heteroatoms. The minimum atomic E-state index is -0.849. The second-order valence-corrected chi connectivity index (χ2v) is 11.1. The number of imide groups is 2. The van der Waals surface area contributed by atoms with Crippen molar-refractivity contribution in [2.45, 2.75) is 27.1 Å². The molecule has 4 aromatic carbocycles. The number of anilines is 1. The average Bonchev–Trinajstić information content (AvgIpc) is 3.00. The minimum Gasteiger partial charge on any atom is -0.490 e. The quantitative estimate of drug-likeness (QED) is 0.137. The SMILES string of the molecule is CCOc1cc(/C=C2\C(=O)NC(=O)N(c3ccc(OCc4ccccc4Cl)cc3)C2=O)cc(Br)c1OCc1ccc(C)cc1. The number of nitrogens with one attached hydrogen (secondary N) is 1. The van der Waals surface area contributed by atoms with Crippen LogP contribution in [-0.2, 0) is 22.8 Å². The summed E-state index contributed by atoms with van der Waals surface area (Å²) in [6, 6.07) is 24.3. The molecule has 0 unspecified atom stereocenters. The number of nitrogens with zero attached hydrogens (tertiary/aromatic N) is 1. The van der Waals surface area contributed by atoms with Crippen LogP contribution in [0.3, 0.4) is 0 Å². The molecule has 44 heavy (non-hydrogen) atoms. The largest absolute Gasteiger partial charge is 0.490 e. The molecule has 4 amide bonds. The summed E-state index contributed by atoms with van der Waals surface area (Å²) >= 11 is 9.74. The molecule has 1 N–H and O–H groups in total. The van der Waals surface area contributed by atoms with Gasteiger partial charge in [0.25, 0.3) is 11.8 Å². The summed E-state index contributed by atoms with van der Waals surface area (Å²) < 4.78 is 18.3. The monoisotopic (exact) mass is 674 g/mol. The van der Waals surface area contributed by atoms with E-state index >= 15 is 0 Å². The molecule has 0 bridgehead atoms. The number of halogens is 2. The predicted octanol–water partition coefficient (Wildman–Crippen LogP) is 7.63. The Bertz CT molecular complexity index is 1740. The van der Waals surface area contributed by atoms with Gasteiger partial charge >= 0.3 is 6.03 Å². The molecule has 1 aliphatic rings.